The molecule has 6 heterocycles. The van der Waals surface area contributed by atoms with Crippen LogP contribution >= 0.6 is 0 Å². The van der Waals surface area contributed by atoms with Crippen LogP contribution in [0, 0.1) is 25.7 Å². The van der Waals surface area contributed by atoms with Gasteiger partial charge in [0.15, 0.2) is 31.3 Å². The van der Waals surface area contributed by atoms with Gasteiger partial charge in [-0.3, -0.25) is 28.3 Å². The third-order valence-corrected chi connectivity index (χ3v) is 18.2. The van der Waals surface area contributed by atoms with Gasteiger partial charge in [-0.15, -0.1) is 0 Å². The minimum Gasteiger partial charge on any atom is -0.381 e. The fourth-order valence-electron chi connectivity index (χ4n) is 9.37. The van der Waals surface area contributed by atoms with Crippen molar-refractivity contribution in [3.05, 3.63) is 72.3 Å². The van der Waals surface area contributed by atoms with E-state index in [0.29, 0.717) is 131 Å². The summed E-state index contributed by atoms with van der Waals surface area (Å²) < 4.78 is 70.3. The molecule has 2 saturated carbocycles. The molecule has 4 aromatic heterocycles. The largest absolute Gasteiger partial charge is 0.381 e. The number of fused-ring (bicyclic) bond motifs is 2. The molecule has 0 unspecified atom stereocenters. The quantitative estimate of drug-likeness (QED) is 0.128. The lowest BCUT2D eigenvalue weighted by molar-refractivity contribution is -0.121. The van der Waals surface area contributed by atoms with E-state index in [4.69, 9.17) is 9.47 Å². The van der Waals surface area contributed by atoms with Crippen molar-refractivity contribution < 1.29 is 35.9 Å². The molecule has 2 atom stereocenters. The Balaban J connectivity index is 0.000000166. The highest BCUT2D eigenvalue weighted by Gasteiger charge is 2.41. The summed E-state index contributed by atoms with van der Waals surface area (Å²) in [4.78, 5) is 27.6. The standard InChI is InChI=1S/2C23H29N5O4S/c2*1-15-3-6-19-18(22(15)33(30,31)17-4-5-17)14-24-28(19)20(13-16-8-11-32-12-9-16)23(29)25-21-7-10-27(2)26-21/h2*3,6-7,10,14,16-17,20H,4-5,8-9,11-13H2,1-2H3,(H,25,26,29)/t2*20-/m10/s1. The summed E-state index contributed by atoms with van der Waals surface area (Å²) in [5.41, 5.74) is 2.75. The number of nitrogens with one attached hydrogen (secondary N) is 2. The van der Waals surface area contributed by atoms with Crippen LogP contribution in [0.15, 0.2) is 71.0 Å². The molecule has 0 bridgehead atoms. The van der Waals surface area contributed by atoms with Gasteiger partial charge in [0.05, 0.1) is 43.7 Å². The molecule has 6 aromatic rings. The van der Waals surface area contributed by atoms with Crippen LogP contribution in [0.3, 0.4) is 0 Å². The molecule has 2 saturated heterocycles. The van der Waals surface area contributed by atoms with Gasteiger partial charge < -0.3 is 20.1 Å². The first-order valence-electron chi connectivity index (χ1n) is 22.9. The van der Waals surface area contributed by atoms with Gasteiger partial charge in [0.1, 0.15) is 12.1 Å². The topological polar surface area (TPSA) is 216 Å². The van der Waals surface area contributed by atoms with Gasteiger partial charge in [-0.05, 0) is 113 Å². The average Bonchev–Trinajstić information content (AvgIpc) is 4.19. The minimum absolute atomic E-state index is 0.211. The summed E-state index contributed by atoms with van der Waals surface area (Å²) in [6, 6.07) is 9.68. The zero-order chi connectivity index (χ0) is 46.3. The number of carbonyl (C=O) groups excluding carboxylic acids is 2. The molecular weight excluding hydrogens is 885 g/mol. The molecule has 20 heteroatoms. The van der Waals surface area contributed by atoms with Gasteiger partial charge in [-0.1, -0.05) is 12.1 Å². The number of aryl methyl sites for hydroxylation is 4. The van der Waals surface area contributed by atoms with E-state index in [9.17, 15) is 26.4 Å². The van der Waals surface area contributed by atoms with Crippen LogP contribution in [-0.4, -0.2) is 105 Å². The Hall–Kier alpha value is -5.44. The summed E-state index contributed by atoms with van der Waals surface area (Å²) in [7, 11) is -3.24. The third-order valence-electron chi connectivity index (χ3n) is 13.3. The molecule has 18 nitrogen and oxygen atoms in total. The second-order valence-corrected chi connectivity index (χ2v) is 22.6. The number of anilines is 2. The molecule has 0 spiro atoms. The molecule has 2 aliphatic carbocycles. The maximum absolute atomic E-state index is 13.4. The summed E-state index contributed by atoms with van der Waals surface area (Å²) in [5, 5.41) is 24.0. The first-order chi connectivity index (χ1) is 31.7. The van der Waals surface area contributed by atoms with Gasteiger partial charge in [0.2, 0.25) is 11.8 Å². The maximum atomic E-state index is 13.4. The predicted molar refractivity (Wildman–Crippen MR) is 247 cm³/mol. The van der Waals surface area contributed by atoms with Crippen LogP contribution in [0.5, 0.6) is 0 Å². The van der Waals surface area contributed by atoms with Crippen molar-refractivity contribution in [3.63, 3.8) is 0 Å². The number of rotatable bonds is 14. The number of aromatic nitrogens is 8. The molecule has 10 rings (SSSR count). The predicted octanol–water partition coefficient (Wildman–Crippen LogP) is 6.02. The number of nitrogens with zero attached hydrogens (tertiary/aromatic N) is 8. The Bertz CT molecular complexity index is 2770. The second kappa shape index (κ2) is 18.7. The van der Waals surface area contributed by atoms with Crippen LogP contribution in [0.2, 0.25) is 0 Å². The van der Waals surface area contributed by atoms with E-state index >= 15 is 0 Å². The molecule has 66 heavy (non-hydrogen) atoms. The van der Waals surface area contributed by atoms with E-state index in [0.717, 1.165) is 25.7 Å². The first kappa shape index (κ1) is 45.7. The Morgan fingerprint density at radius 3 is 1.32 bits per heavy atom. The summed E-state index contributed by atoms with van der Waals surface area (Å²) in [5.74, 6) is 1.16. The lowest BCUT2D eigenvalue weighted by atomic mass is 9.92. The van der Waals surface area contributed by atoms with Gasteiger partial charge in [-0.25, -0.2) is 16.8 Å². The van der Waals surface area contributed by atoms with Crippen LogP contribution in [0.25, 0.3) is 21.8 Å². The molecular formula is C46H58N10O8S2. The van der Waals surface area contributed by atoms with Crippen molar-refractivity contribution in [2.45, 2.75) is 110 Å². The normalized spacial score (nSPS) is 18.5. The van der Waals surface area contributed by atoms with Crippen molar-refractivity contribution in [3.8, 4) is 0 Å². The minimum atomic E-state index is -3.41. The monoisotopic (exact) mass is 942 g/mol. The van der Waals surface area contributed by atoms with E-state index in [-0.39, 0.29) is 22.3 Å². The number of carbonyl (C=O) groups is 2. The summed E-state index contributed by atoms with van der Waals surface area (Å²) in [6.45, 7) is 6.37. The van der Waals surface area contributed by atoms with E-state index in [2.05, 4.69) is 31.0 Å². The van der Waals surface area contributed by atoms with Gasteiger partial charge >= 0.3 is 0 Å². The molecule has 0 radical (unpaired) electrons. The second-order valence-electron chi connectivity index (χ2n) is 18.3. The molecule has 352 valence electrons. The molecule has 2 aromatic carbocycles. The first-order valence-corrected chi connectivity index (χ1v) is 26.0. The van der Waals surface area contributed by atoms with Crippen molar-refractivity contribution in [2.24, 2.45) is 25.9 Å². The lowest BCUT2D eigenvalue weighted by Gasteiger charge is -2.26. The number of hydrogen-bond donors (Lipinski definition) is 2. The fourth-order valence-corrected chi connectivity index (χ4v) is 13.5. The smallest absolute Gasteiger partial charge is 0.250 e. The van der Waals surface area contributed by atoms with Gasteiger partial charge in [0.25, 0.3) is 0 Å². The fraction of sp³-hybridized carbons (Fsp3) is 0.522. The summed E-state index contributed by atoms with van der Waals surface area (Å²) >= 11 is 0. The lowest BCUT2D eigenvalue weighted by Crippen LogP contribution is -2.30. The Labute approximate surface area is 384 Å². The Kier molecular flexibility index (Phi) is 12.9. The molecule has 2 N–H and O–H groups in total. The maximum Gasteiger partial charge on any atom is 0.250 e. The van der Waals surface area contributed by atoms with E-state index in [1.807, 2.05) is 38.1 Å². The third kappa shape index (κ3) is 9.55. The van der Waals surface area contributed by atoms with E-state index in [1.54, 1.807) is 69.7 Å². The zero-order valence-electron chi connectivity index (χ0n) is 37.8. The van der Waals surface area contributed by atoms with E-state index < -0.39 is 31.8 Å². The average molecular weight is 943 g/mol. The number of amides is 2. The number of ether oxygens (including phenoxy) is 2. The SMILES string of the molecule is Cc1ccc2c(cnn2[C@@H](CC2CCOCC2)C(=O)Nc2ccn(C)n2)c1S(=O)(=O)C1CC1.Cc1ccc2c(cnn2[C@H](CC2CCOCC2)C(=O)Nc2ccn(C)n2)c1S(=O)(=O)C1CC1. The highest BCUT2D eigenvalue weighted by Crippen LogP contribution is 2.41. The highest BCUT2D eigenvalue weighted by molar-refractivity contribution is 7.93. The molecule has 2 amide bonds. The number of hydrogen-bond acceptors (Lipinski definition) is 12. The van der Waals surface area contributed by atoms with Gasteiger partial charge in [0, 0.05) is 75.8 Å². The molecule has 4 aliphatic rings. The molecule has 2 aliphatic heterocycles. The van der Waals surface area contributed by atoms with Crippen molar-refractivity contribution >= 4 is 64.9 Å². The number of sulfone groups is 2. The zero-order valence-corrected chi connectivity index (χ0v) is 39.4. The Morgan fingerprint density at radius 2 is 0.985 bits per heavy atom. The summed E-state index contributed by atoms with van der Waals surface area (Å²) in [6.07, 6.45) is 14.3. The van der Waals surface area contributed by atoms with Gasteiger partial charge in [-0.2, -0.15) is 20.4 Å². The molecule has 4 fully saturated rings. The Morgan fingerprint density at radius 1 is 0.606 bits per heavy atom. The number of benzene rings is 2. The van der Waals surface area contributed by atoms with E-state index in [1.165, 1.54) is 0 Å². The van der Waals surface area contributed by atoms with Crippen LogP contribution in [-0.2, 0) is 52.8 Å². The van der Waals surface area contributed by atoms with Crippen molar-refractivity contribution in [1.82, 2.24) is 39.1 Å². The van der Waals surface area contributed by atoms with Crippen LogP contribution in [0.4, 0.5) is 11.6 Å². The highest BCUT2D eigenvalue weighted by atomic mass is 32.2. The van der Waals surface area contributed by atoms with Crippen molar-refractivity contribution in [2.75, 3.05) is 37.1 Å². The van der Waals surface area contributed by atoms with Crippen LogP contribution in [0.1, 0.15) is 87.4 Å². The van der Waals surface area contributed by atoms with Crippen molar-refractivity contribution in [1.29, 1.82) is 0 Å². The van der Waals surface area contributed by atoms with Crippen LogP contribution < -0.4 is 10.6 Å².